The molecule has 33 heavy (non-hydrogen) atoms. The third-order valence-electron chi connectivity index (χ3n) is 4.59. The van der Waals surface area contributed by atoms with Gasteiger partial charge in [0.25, 0.3) is 5.91 Å². The van der Waals surface area contributed by atoms with E-state index in [1.165, 1.54) is 6.20 Å². The molecule has 0 saturated heterocycles. The number of carbonyl (C=O) groups excluding carboxylic acids is 2. The van der Waals surface area contributed by atoms with Crippen LogP contribution in [0.3, 0.4) is 0 Å². The predicted octanol–water partition coefficient (Wildman–Crippen LogP) is 5.85. The van der Waals surface area contributed by atoms with Crippen molar-refractivity contribution >= 4 is 11.8 Å². The maximum absolute atomic E-state index is 11.9. The first-order valence-electron chi connectivity index (χ1n) is 11.9. The highest BCUT2D eigenvalue weighted by molar-refractivity contribution is 5.93. The highest BCUT2D eigenvalue weighted by Gasteiger charge is 2.04. The van der Waals surface area contributed by atoms with Gasteiger partial charge < -0.3 is 10.6 Å². The minimum Gasteiger partial charge on any atom is -0.354 e. The fourth-order valence-electron chi connectivity index (χ4n) is 2.81. The number of carbonyl (C=O) groups is 2. The lowest BCUT2D eigenvalue weighted by Gasteiger charge is -2.06. The number of rotatable bonds is 17. The molecule has 0 aromatic carbocycles. The molecule has 0 saturated carbocycles. The van der Waals surface area contributed by atoms with Crippen LogP contribution in [0.2, 0.25) is 0 Å². The summed E-state index contributed by atoms with van der Waals surface area (Å²) in [5, 5.41) is 5.59. The number of hydrogen-bond acceptors (Lipinski definition) is 3. The fourth-order valence-corrected chi connectivity index (χ4v) is 2.81. The molecule has 1 heterocycles. The molecule has 0 aliphatic rings. The number of unbranched alkanes of at least 4 members (excludes halogenated alkanes) is 1. The zero-order valence-electron chi connectivity index (χ0n) is 19.9. The van der Waals surface area contributed by atoms with Crippen LogP contribution in [0.5, 0.6) is 0 Å². The number of pyridine rings is 1. The van der Waals surface area contributed by atoms with Gasteiger partial charge in [-0.3, -0.25) is 14.6 Å². The van der Waals surface area contributed by atoms with Crippen molar-refractivity contribution < 1.29 is 9.59 Å². The summed E-state index contributed by atoms with van der Waals surface area (Å²) in [4.78, 5) is 27.6. The zero-order chi connectivity index (χ0) is 23.8. The molecule has 178 valence electrons. The standard InChI is InChI=1S/C28H39N3O2/c1-2-3-4-5-6-7-8-9-10-11-12-13-14-15-16-17-18-21-27(32)30-23-24-31-28(33)26-20-19-22-29-25-26/h3-4,6-7,9-10,12-13,15-16,19-20,22,25H,2,5,8,11,14,17-18,21,23-24H2,1H3,(H,30,32)(H,31,33). The van der Waals surface area contributed by atoms with Gasteiger partial charge in [0.15, 0.2) is 0 Å². The van der Waals surface area contributed by atoms with Crippen LogP contribution in [0.15, 0.2) is 85.3 Å². The molecule has 1 rings (SSSR count). The second-order valence-electron chi connectivity index (χ2n) is 7.45. The quantitative estimate of drug-likeness (QED) is 0.231. The van der Waals surface area contributed by atoms with E-state index < -0.39 is 0 Å². The summed E-state index contributed by atoms with van der Waals surface area (Å²) in [6.07, 6.45) is 32.1. The smallest absolute Gasteiger partial charge is 0.252 e. The topological polar surface area (TPSA) is 71.1 Å². The van der Waals surface area contributed by atoms with Crippen LogP contribution < -0.4 is 10.6 Å². The van der Waals surface area contributed by atoms with E-state index in [1.54, 1.807) is 18.3 Å². The van der Waals surface area contributed by atoms with Crippen molar-refractivity contribution in [2.75, 3.05) is 13.1 Å². The van der Waals surface area contributed by atoms with Crippen LogP contribution in [0.25, 0.3) is 0 Å². The SMILES string of the molecule is CCC=CCC=CCC=CCC=CCC=CCCCC(=O)NCCNC(=O)c1cccnc1. The Bertz CT molecular complexity index is 793. The molecule has 0 aliphatic heterocycles. The third-order valence-corrected chi connectivity index (χ3v) is 4.59. The second-order valence-corrected chi connectivity index (χ2v) is 7.45. The Kier molecular flexibility index (Phi) is 17.4. The Morgan fingerprint density at radius 1 is 0.818 bits per heavy atom. The van der Waals surface area contributed by atoms with Gasteiger partial charge in [0.2, 0.25) is 5.91 Å². The summed E-state index contributed by atoms with van der Waals surface area (Å²) < 4.78 is 0. The van der Waals surface area contributed by atoms with E-state index in [1.807, 2.05) is 0 Å². The van der Waals surface area contributed by atoms with Gasteiger partial charge in [-0.05, 0) is 57.1 Å². The number of nitrogens with one attached hydrogen (secondary N) is 2. The van der Waals surface area contributed by atoms with Gasteiger partial charge in [0.05, 0.1) is 5.56 Å². The molecule has 0 aliphatic carbocycles. The Balaban J connectivity index is 1.95. The third kappa shape index (κ3) is 17.1. The van der Waals surface area contributed by atoms with Gasteiger partial charge in [-0.1, -0.05) is 67.7 Å². The second kappa shape index (κ2) is 20.7. The van der Waals surface area contributed by atoms with E-state index in [4.69, 9.17) is 0 Å². The van der Waals surface area contributed by atoms with Gasteiger partial charge in [0.1, 0.15) is 0 Å². The number of aromatic nitrogens is 1. The molecular weight excluding hydrogens is 410 g/mol. The lowest BCUT2D eigenvalue weighted by atomic mass is 10.2. The maximum atomic E-state index is 11.9. The van der Waals surface area contributed by atoms with Crippen molar-refractivity contribution in [3.05, 3.63) is 90.9 Å². The van der Waals surface area contributed by atoms with Crippen molar-refractivity contribution in [3.63, 3.8) is 0 Å². The summed E-state index contributed by atoms with van der Waals surface area (Å²) in [7, 11) is 0. The first kappa shape index (κ1) is 27.8. The van der Waals surface area contributed by atoms with E-state index >= 15 is 0 Å². The molecule has 0 unspecified atom stereocenters. The van der Waals surface area contributed by atoms with Gasteiger partial charge in [-0.25, -0.2) is 0 Å². The van der Waals surface area contributed by atoms with E-state index in [-0.39, 0.29) is 11.8 Å². The van der Waals surface area contributed by atoms with E-state index in [0.29, 0.717) is 25.1 Å². The van der Waals surface area contributed by atoms with Crippen molar-refractivity contribution in [2.24, 2.45) is 0 Å². The largest absolute Gasteiger partial charge is 0.354 e. The molecule has 0 fully saturated rings. The minimum atomic E-state index is -0.184. The van der Waals surface area contributed by atoms with Crippen LogP contribution in [-0.4, -0.2) is 29.9 Å². The van der Waals surface area contributed by atoms with Crippen LogP contribution in [0.1, 0.15) is 68.6 Å². The van der Waals surface area contributed by atoms with Crippen LogP contribution in [-0.2, 0) is 4.79 Å². The predicted molar refractivity (Wildman–Crippen MR) is 138 cm³/mol. The first-order valence-corrected chi connectivity index (χ1v) is 11.9. The molecule has 5 heteroatoms. The Hall–Kier alpha value is -3.21. The summed E-state index contributed by atoms with van der Waals surface area (Å²) in [5.41, 5.74) is 0.515. The van der Waals surface area contributed by atoms with Crippen LogP contribution in [0, 0.1) is 0 Å². The summed E-state index contributed by atoms with van der Waals surface area (Å²) >= 11 is 0. The van der Waals surface area contributed by atoms with Crippen LogP contribution in [0.4, 0.5) is 0 Å². The molecule has 0 bridgehead atoms. The number of hydrogen-bond donors (Lipinski definition) is 2. The minimum absolute atomic E-state index is 0.0120. The normalized spacial score (nSPS) is 12.0. The summed E-state index contributed by atoms with van der Waals surface area (Å²) in [6, 6.07) is 3.42. The average Bonchev–Trinajstić information content (AvgIpc) is 2.84. The lowest BCUT2D eigenvalue weighted by molar-refractivity contribution is -0.121. The molecule has 1 aromatic heterocycles. The number of amides is 2. The van der Waals surface area contributed by atoms with E-state index in [0.717, 1.165) is 44.9 Å². The summed E-state index contributed by atoms with van der Waals surface area (Å²) in [6.45, 7) is 2.97. The van der Waals surface area contributed by atoms with E-state index in [2.05, 4.69) is 83.3 Å². The van der Waals surface area contributed by atoms with Crippen LogP contribution >= 0.6 is 0 Å². The van der Waals surface area contributed by atoms with Crippen molar-refractivity contribution in [3.8, 4) is 0 Å². The molecule has 0 spiro atoms. The lowest BCUT2D eigenvalue weighted by Crippen LogP contribution is -2.34. The number of nitrogens with zero attached hydrogens (tertiary/aromatic N) is 1. The fraction of sp³-hybridized carbons (Fsp3) is 0.393. The monoisotopic (exact) mass is 449 g/mol. The van der Waals surface area contributed by atoms with E-state index in [9.17, 15) is 9.59 Å². The molecule has 5 nitrogen and oxygen atoms in total. The van der Waals surface area contributed by atoms with Gasteiger partial charge in [0, 0.05) is 31.9 Å². The number of allylic oxidation sites excluding steroid dienone is 10. The molecule has 2 N–H and O–H groups in total. The molecule has 0 radical (unpaired) electrons. The molecular formula is C28H39N3O2. The van der Waals surface area contributed by atoms with Gasteiger partial charge >= 0.3 is 0 Å². The Morgan fingerprint density at radius 2 is 1.39 bits per heavy atom. The average molecular weight is 450 g/mol. The van der Waals surface area contributed by atoms with Crippen molar-refractivity contribution in [1.29, 1.82) is 0 Å². The Morgan fingerprint density at radius 3 is 1.97 bits per heavy atom. The van der Waals surface area contributed by atoms with Gasteiger partial charge in [-0.2, -0.15) is 0 Å². The Labute approximate surface area is 199 Å². The molecule has 1 aromatic rings. The highest BCUT2D eigenvalue weighted by atomic mass is 16.2. The summed E-state index contributed by atoms with van der Waals surface area (Å²) in [5.74, 6) is -0.172. The van der Waals surface area contributed by atoms with Crippen molar-refractivity contribution in [1.82, 2.24) is 15.6 Å². The zero-order valence-corrected chi connectivity index (χ0v) is 19.9. The molecule has 2 amide bonds. The first-order chi connectivity index (χ1) is 16.2. The maximum Gasteiger partial charge on any atom is 0.252 e. The highest BCUT2D eigenvalue weighted by Crippen LogP contribution is 1.99. The van der Waals surface area contributed by atoms with Gasteiger partial charge in [-0.15, -0.1) is 0 Å². The van der Waals surface area contributed by atoms with Crippen molar-refractivity contribution in [2.45, 2.75) is 58.3 Å². The molecule has 0 atom stereocenters.